The minimum Gasteiger partial charge on any atom is -0.497 e. The van der Waals surface area contributed by atoms with Crippen LogP contribution >= 0.6 is 0 Å². The molecular formula is C19H24N2O6S. The summed E-state index contributed by atoms with van der Waals surface area (Å²) in [4.78, 5) is 3.25. The highest BCUT2D eigenvalue weighted by atomic mass is 32.2. The molecule has 3 rings (SSSR count). The summed E-state index contributed by atoms with van der Waals surface area (Å²) >= 11 is 0. The van der Waals surface area contributed by atoms with Crippen LogP contribution in [-0.4, -0.2) is 46.1 Å². The number of nitrogens with two attached hydrogens (primary N) is 1. The molecule has 0 atom stereocenters. The molecule has 8 nitrogen and oxygen atoms in total. The van der Waals surface area contributed by atoms with Crippen LogP contribution in [0.15, 0.2) is 36.4 Å². The van der Waals surface area contributed by atoms with Crippen molar-refractivity contribution < 1.29 is 27.7 Å². The Balaban J connectivity index is 0.000000500. The molecule has 0 aliphatic rings. The van der Waals surface area contributed by atoms with Gasteiger partial charge in [0.15, 0.2) is 11.5 Å². The van der Waals surface area contributed by atoms with Crippen LogP contribution in [0.2, 0.25) is 0 Å². The third-order valence-electron chi connectivity index (χ3n) is 3.92. The number of methoxy groups -OCH3 is 3. The van der Waals surface area contributed by atoms with Crippen LogP contribution in [0.5, 0.6) is 17.2 Å². The molecule has 0 aliphatic heterocycles. The van der Waals surface area contributed by atoms with Crippen molar-refractivity contribution in [2.24, 2.45) is 5.14 Å². The maximum atomic E-state index is 9.72. The average molecular weight is 408 g/mol. The molecule has 0 spiro atoms. The molecule has 152 valence electrons. The normalized spacial score (nSPS) is 10.9. The van der Waals surface area contributed by atoms with Crippen LogP contribution in [0.1, 0.15) is 5.69 Å². The van der Waals surface area contributed by atoms with E-state index in [0.717, 1.165) is 39.7 Å². The summed E-state index contributed by atoms with van der Waals surface area (Å²) in [5.74, 6) is 2.09. The first-order valence-corrected chi connectivity index (χ1v) is 10.2. The molecule has 0 radical (unpaired) electrons. The molecule has 9 heteroatoms. The fourth-order valence-electron chi connectivity index (χ4n) is 2.78. The Hall–Kier alpha value is -2.75. The van der Waals surface area contributed by atoms with Crippen LogP contribution in [0.3, 0.4) is 0 Å². The number of fused-ring (bicyclic) bond motifs is 1. The lowest BCUT2D eigenvalue weighted by Gasteiger charge is -2.09. The molecule has 0 saturated carbocycles. The van der Waals surface area contributed by atoms with Gasteiger partial charge in [0.1, 0.15) is 5.75 Å². The minimum atomic E-state index is -3.17. The highest BCUT2D eigenvalue weighted by Gasteiger charge is 2.16. The van der Waals surface area contributed by atoms with Gasteiger partial charge in [-0.3, -0.25) is 0 Å². The second kappa shape index (κ2) is 8.96. The van der Waals surface area contributed by atoms with Crippen LogP contribution in [0.25, 0.3) is 22.0 Å². The van der Waals surface area contributed by atoms with E-state index in [1.165, 1.54) is 0 Å². The first-order valence-electron chi connectivity index (χ1n) is 8.21. The molecule has 28 heavy (non-hydrogen) atoms. The lowest BCUT2D eigenvalue weighted by atomic mass is 10.0. The van der Waals surface area contributed by atoms with Gasteiger partial charge in [-0.05, 0) is 23.8 Å². The fraction of sp³-hybridized carbons (Fsp3) is 0.263. The number of aliphatic hydroxyl groups excluding tert-OH is 1. The molecule has 0 aliphatic carbocycles. The van der Waals surface area contributed by atoms with Crippen molar-refractivity contribution in [1.82, 2.24) is 4.98 Å². The third-order valence-corrected chi connectivity index (χ3v) is 3.92. The first-order chi connectivity index (χ1) is 13.2. The SMILES string of the molecule is COc1ccc(-c2c(CO)[nH]c3cc(OC)c(OC)cc23)cc1.CS(N)(=O)=O. The number of benzene rings is 2. The maximum Gasteiger partial charge on any atom is 0.206 e. The van der Waals surface area contributed by atoms with E-state index < -0.39 is 10.0 Å². The van der Waals surface area contributed by atoms with E-state index in [1.54, 1.807) is 21.3 Å². The summed E-state index contributed by atoms with van der Waals surface area (Å²) in [7, 11) is 1.68. The van der Waals surface area contributed by atoms with Crippen molar-refractivity contribution in [2.75, 3.05) is 27.6 Å². The van der Waals surface area contributed by atoms with Gasteiger partial charge in [-0.25, -0.2) is 13.6 Å². The highest BCUT2D eigenvalue weighted by Crippen LogP contribution is 2.39. The molecule has 0 unspecified atom stereocenters. The van der Waals surface area contributed by atoms with Crippen LogP contribution in [-0.2, 0) is 16.6 Å². The third kappa shape index (κ3) is 5.16. The van der Waals surface area contributed by atoms with Gasteiger partial charge in [0.05, 0.1) is 39.7 Å². The quantitative estimate of drug-likeness (QED) is 0.595. The number of aromatic nitrogens is 1. The summed E-state index contributed by atoms with van der Waals surface area (Å²) in [6.07, 6.45) is 0.938. The van der Waals surface area contributed by atoms with E-state index in [9.17, 15) is 13.5 Å². The molecule has 0 bridgehead atoms. The number of hydrogen-bond donors (Lipinski definition) is 3. The Labute approximate surface area is 163 Å². The molecule has 3 aromatic rings. The monoisotopic (exact) mass is 408 g/mol. The number of rotatable bonds is 5. The van der Waals surface area contributed by atoms with Crippen LogP contribution in [0, 0.1) is 0 Å². The number of hydrogen-bond acceptors (Lipinski definition) is 6. The second-order valence-corrected chi connectivity index (χ2v) is 7.61. The van der Waals surface area contributed by atoms with Gasteiger partial charge in [0.25, 0.3) is 0 Å². The number of aliphatic hydroxyl groups is 1. The first kappa shape index (κ1) is 21.5. The van der Waals surface area contributed by atoms with Crippen molar-refractivity contribution in [2.45, 2.75) is 6.61 Å². The molecule has 2 aromatic carbocycles. The Bertz CT molecular complexity index is 1030. The molecule has 4 N–H and O–H groups in total. The standard InChI is InChI=1S/C18H19NO4.CH5NO2S/c1-21-12-6-4-11(5-7-12)18-13-8-16(22-2)17(23-3)9-14(13)19-15(18)10-20;1-5(2,3)4/h4-9,19-20H,10H2,1-3H3;1H3,(H2,2,3,4). The van der Waals surface area contributed by atoms with Crippen molar-refractivity contribution >= 4 is 20.9 Å². The largest absolute Gasteiger partial charge is 0.497 e. The maximum absolute atomic E-state index is 9.72. The number of ether oxygens (including phenoxy) is 3. The van der Waals surface area contributed by atoms with Gasteiger partial charge in [0.2, 0.25) is 10.0 Å². The zero-order chi connectivity index (χ0) is 20.9. The molecule has 0 saturated heterocycles. The molecule has 0 fully saturated rings. The van der Waals surface area contributed by atoms with E-state index in [0.29, 0.717) is 11.5 Å². The van der Waals surface area contributed by atoms with Crippen molar-refractivity contribution in [1.29, 1.82) is 0 Å². The second-order valence-electron chi connectivity index (χ2n) is 5.95. The van der Waals surface area contributed by atoms with Crippen molar-refractivity contribution in [3.8, 4) is 28.4 Å². The highest BCUT2D eigenvalue weighted by molar-refractivity contribution is 7.88. The number of nitrogens with one attached hydrogen (secondary N) is 1. The van der Waals surface area contributed by atoms with Gasteiger partial charge in [-0.15, -0.1) is 0 Å². The van der Waals surface area contributed by atoms with Crippen molar-refractivity contribution in [3.63, 3.8) is 0 Å². The zero-order valence-electron chi connectivity index (χ0n) is 16.1. The summed E-state index contributed by atoms with van der Waals surface area (Å²) < 4.78 is 34.8. The van der Waals surface area contributed by atoms with Gasteiger partial charge >= 0.3 is 0 Å². The van der Waals surface area contributed by atoms with E-state index in [4.69, 9.17) is 14.2 Å². The topological polar surface area (TPSA) is 124 Å². The van der Waals surface area contributed by atoms with Gasteiger partial charge in [-0.2, -0.15) is 0 Å². The van der Waals surface area contributed by atoms with Crippen LogP contribution in [0.4, 0.5) is 0 Å². The zero-order valence-corrected chi connectivity index (χ0v) is 17.0. The van der Waals surface area contributed by atoms with E-state index in [2.05, 4.69) is 10.1 Å². The smallest absolute Gasteiger partial charge is 0.206 e. The van der Waals surface area contributed by atoms with Gasteiger partial charge in [0, 0.05) is 22.7 Å². The fourth-order valence-corrected chi connectivity index (χ4v) is 2.78. The molecular weight excluding hydrogens is 384 g/mol. The lowest BCUT2D eigenvalue weighted by Crippen LogP contribution is -2.07. The minimum absolute atomic E-state index is 0.0827. The molecule has 0 amide bonds. The van der Waals surface area contributed by atoms with Crippen molar-refractivity contribution in [3.05, 3.63) is 42.1 Å². The van der Waals surface area contributed by atoms with E-state index in [-0.39, 0.29) is 6.61 Å². The molecule has 1 heterocycles. The summed E-state index contributed by atoms with van der Waals surface area (Å²) in [6, 6.07) is 11.5. The summed E-state index contributed by atoms with van der Waals surface area (Å²) in [5, 5.41) is 15.0. The number of sulfonamides is 1. The number of aromatic amines is 1. The van der Waals surface area contributed by atoms with Crippen LogP contribution < -0.4 is 19.3 Å². The summed E-state index contributed by atoms with van der Waals surface area (Å²) in [6.45, 7) is -0.0827. The summed E-state index contributed by atoms with van der Waals surface area (Å²) in [5.41, 5.74) is 3.58. The predicted octanol–water partition coefficient (Wildman–Crippen LogP) is 2.26. The number of H-pyrrole nitrogens is 1. The predicted molar refractivity (Wildman–Crippen MR) is 108 cm³/mol. The van der Waals surface area contributed by atoms with Gasteiger partial charge in [-0.1, -0.05) is 12.1 Å². The Morgan fingerprint density at radius 1 is 1.00 bits per heavy atom. The Morgan fingerprint density at radius 3 is 2.00 bits per heavy atom. The number of primary sulfonamides is 1. The van der Waals surface area contributed by atoms with E-state index >= 15 is 0 Å². The van der Waals surface area contributed by atoms with E-state index in [1.807, 2.05) is 36.4 Å². The molecule has 1 aromatic heterocycles. The van der Waals surface area contributed by atoms with Gasteiger partial charge < -0.3 is 24.3 Å². The average Bonchev–Trinajstić information content (AvgIpc) is 3.02. The lowest BCUT2D eigenvalue weighted by molar-refractivity contribution is 0.278. The Kier molecular flexibility index (Phi) is 6.90. The Morgan fingerprint density at radius 2 is 1.54 bits per heavy atom.